The van der Waals surface area contributed by atoms with Gasteiger partial charge in [-0.05, 0) is 0 Å². The van der Waals surface area contributed by atoms with Gasteiger partial charge < -0.3 is 0 Å². The standard InChI is InChI=1S/C5H9O/c1-3-5(2)4-6/h5H,3H2,1-2H3/q+1. The average molecular weight is 85.1 g/mol. The van der Waals surface area contributed by atoms with Crippen LogP contribution in [-0.4, -0.2) is 0 Å². The molecule has 0 aliphatic heterocycles. The van der Waals surface area contributed by atoms with Crippen molar-refractivity contribution in [1.29, 1.82) is 0 Å². The molecule has 34 valence electrons. The summed E-state index contributed by atoms with van der Waals surface area (Å²) in [5.41, 5.74) is 0. The van der Waals surface area contributed by atoms with Gasteiger partial charge in [-0.15, -0.1) is 0 Å². The first-order valence-electron chi connectivity index (χ1n) is 2.19. The summed E-state index contributed by atoms with van der Waals surface area (Å²) in [5, 5.41) is 0. The van der Waals surface area contributed by atoms with Gasteiger partial charge in [0.2, 0.25) is 0 Å². The van der Waals surface area contributed by atoms with Crippen LogP contribution in [0.25, 0.3) is 0 Å². The molecule has 1 nitrogen and oxygen atoms in total. The van der Waals surface area contributed by atoms with Gasteiger partial charge >= 0.3 is 37.0 Å². The van der Waals surface area contributed by atoms with Crippen molar-refractivity contribution in [2.75, 3.05) is 0 Å². The van der Waals surface area contributed by atoms with Crippen LogP contribution in [0.5, 0.6) is 0 Å². The first-order chi connectivity index (χ1) is 2.81. The molecule has 0 aromatic heterocycles. The van der Waals surface area contributed by atoms with E-state index >= 15 is 0 Å². The molecular weight excluding hydrogens is 76.1 g/mol. The van der Waals surface area contributed by atoms with Crippen molar-refractivity contribution in [3.63, 3.8) is 0 Å². The fourth-order valence-corrected chi connectivity index (χ4v) is 0.0833. The molecule has 1 unspecified atom stereocenters. The van der Waals surface area contributed by atoms with E-state index in [0.717, 1.165) is 6.42 Å². The third-order valence-corrected chi connectivity index (χ3v) is 0.814. The molecule has 0 amide bonds. The molecule has 0 aromatic carbocycles. The van der Waals surface area contributed by atoms with Gasteiger partial charge in [-0.3, -0.25) is 0 Å². The summed E-state index contributed by atoms with van der Waals surface area (Å²) in [6.45, 7) is 3.82. The van der Waals surface area contributed by atoms with Crippen molar-refractivity contribution >= 4 is 0 Å². The number of rotatable bonds is 1. The van der Waals surface area contributed by atoms with Gasteiger partial charge in [0.05, 0.1) is 0 Å². The molecule has 0 N–H and O–H groups in total. The summed E-state index contributed by atoms with van der Waals surface area (Å²) in [6, 6.07) is 0. The Bertz CT molecular complexity index is 60.8. The molecule has 0 aliphatic rings. The van der Waals surface area contributed by atoms with Crippen LogP contribution >= 0.6 is 0 Å². The van der Waals surface area contributed by atoms with Gasteiger partial charge in [0, 0.05) is 0 Å². The second kappa shape index (κ2) is 2.95. The van der Waals surface area contributed by atoms with Crippen molar-refractivity contribution in [3.8, 4) is 6.15 Å². The number of hydrogen-bond donors (Lipinski definition) is 0. The van der Waals surface area contributed by atoms with Crippen LogP contribution in [0.4, 0.5) is 0 Å². The zero-order valence-corrected chi connectivity index (χ0v) is 4.19. The van der Waals surface area contributed by atoms with Crippen molar-refractivity contribution in [2.45, 2.75) is 20.3 Å². The molecule has 0 spiro atoms. The van der Waals surface area contributed by atoms with Gasteiger partial charge in [0.15, 0.2) is 0 Å². The van der Waals surface area contributed by atoms with E-state index in [1.54, 1.807) is 0 Å². The summed E-state index contributed by atoms with van der Waals surface area (Å²) in [4.78, 5) is 0. The molecule has 0 heterocycles. The predicted octanol–water partition coefficient (Wildman–Crippen LogP) is 1.42. The molecule has 0 saturated carbocycles. The Labute approximate surface area is 38.1 Å². The topological polar surface area (TPSA) is 19.9 Å². The van der Waals surface area contributed by atoms with Crippen LogP contribution in [0.15, 0.2) is 0 Å². The van der Waals surface area contributed by atoms with E-state index in [4.69, 9.17) is 0 Å². The van der Waals surface area contributed by atoms with E-state index < -0.39 is 0 Å². The van der Waals surface area contributed by atoms with Gasteiger partial charge in [0.25, 0.3) is 0 Å². The summed E-state index contributed by atoms with van der Waals surface area (Å²) < 4.78 is 9.61. The normalized spacial score (nSPS) is 12.8. The number of hydrogen-bond acceptors (Lipinski definition) is 0. The SMILES string of the molecule is CCC(C)C#[O+]. The first kappa shape index (κ1) is 5.74. The van der Waals surface area contributed by atoms with Crippen LogP contribution < -0.4 is 0 Å². The van der Waals surface area contributed by atoms with Gasteiger partial charge in [-0.2, -0.15) is 0 Å². The fourth-order valence-electron chi connectivity index (χ4n) is 0.0833. The molecule has 0 radical (unpaired) electrons. The van der Waals surface area contributed by atoms with Crippen molar-refractivity contribution < 1.29 is 4.65 Å². The van der Waals surface area contributed by atoms with E-state index in [0.29, 0.717) is 0 Å². The molecule has 0 bridgehead atoms. The van der Waals surface area contributed by atoms with Crippen LogP contribution in [0.2, 0.25) is 0 Å². The maximum atomic E-state index is 9.61. The van der Waals surface area contributed by atoms with E-state index in [1.165, 1.54) is 0 Å². The van der Waals surface area contributed by atoms with Crippen LogP contribution in [0.1, 0.15) is 20.3 Å². The maximum absolute atomic E-state index is 9.61. The molecule has 6 heavy (non-hydrogen) atoms. The Hall–Kier alpha value is -0.260. The second-order valence-electron chi connectivity index (χ2n) is 1.43. The zero-order valence-electron chi connectivity index (χ0n) is 4.19. The minimum absolute atomic E-state index is 0.130. The average Bonchev–Trinajstić information content (AvgIpc) is 1.65. The Balaban J connectivity index is 3.04. The third-order valence-electron chi connectivity index (χ3n) is 0.814. The Morgan fingerprint density at radius 3 is 2.33 bits per heavy atom. The quantitative estimate of drug-likeness (QED) is 0.429. The molecule has 1 heteroatoms. The van der Waals surface area contributed by atoms with Crippen molar-refractivity contribution in [1.82, 2.24) is 0 Å². The van der Waals surface area contributed by atoms with Crippen LogP contribution in [-0.2, 0) is 4.65 Å². The fraction of sp³-hybridized carbons (Fsp3) is 0.800. The monoisotopic (exact) mass is 85.1 g/mol. The summed E-state index contributed by atoms with van der Waals surface area (Å²) >= 11 is 0. The van der Waals surface area contributed by atoms with Crippen molar-refractivity contribution in [3.05, 3.63) is 0 Å². The molecule has 0 saturated heterocycles. The summed E-state index contributed by atoms with van der Waals surface area (Å²) in [6.07, 6.45) is 2.77. The third kappa shape index (κ3) is 2.01. The van der Waals surface area contributed by atoms with E-state index in [9.17, 15) is 4.65 Å². The van der Waals surface area contributed by atoms with E-state index in [1.807, 2.05) is 20.0 Å². The zero-order chi connectivity index (χ0) is 4.99. The van der Waals surface area contributed by atoms with Gasteiger partial charge in [-0.1, -0.05) is 0 Å². The molecule has 1 atom stereocenters. The van der Waals surface area contributed by atoms with Crippen molar-refractivity contribution in [2.24, 2.45) is 5.92 Å². The molecular formula is C5H9O+. The van der Waals surface area contributed by atoms with E-state index in [-0.39, 0.29) is 5.92 Å². The second-order valence-corrected chi connectivity index (χ2v) is 1.43. The van der Waals surface area contributed by atoms with Crippen LogP contribution in [0.3, 0.4) is 0 Å². The van der Waals surface area contributed by atoms with Gasteiger partial charge in [0.1, 0.15) is 0 Å². The van der Waals surface area contributed by atoms with Crippen LogP contribution in [0, 0.1) is 12.1 Å². The summed E-state index contributed by atoms with van der Waals surface area (Å²) in [5.74, 6) is 0.130. The minimum atomic E-state index is 0.130. The Morgan fingerprint density at radius 1 is 1.83 bits per heavy atom. The predicted molar refractivity (Wildman–Crippen MR) is 24.0 cm³/mol. The molecule has 0 aromatic rings. The van der Waals surface area contributed by atoms with E-state index in [2.05, 4.69) is 0 Å². The summed E-state index contributed by atoms with van der Waals surface area (Å²) in [7, 11) is 0. The Morgan fingerprint density at radius 2 is 2.33 bits per heavy atom. The molecule has 0 fully saturated rings. The molecule has 0 aliphatic carbocycles. The van der Waals surface area contributed by atoms with Gasteiger partial charge in [-0.25, -0.2) is 0 Å². The Kier molecular flexibility index (Phi) is 2.82. The molecule has 0 rings (SSSR count). The first-order valence-corrected chi connectivity index (χ1v) is 2.19.